The smallest absolute Gasteiger partial charge is 0.293 e. The number of imide groups is 1. The second-order valence-corrected chi connectivity index (χ2v) is 8.39. The van der Waals surface area contributed by atoms with Crippen molar-refractivity contribution in [3.63, 3.8) is 0 Å². The van der Waals surface area contributed by atoms with Gasteiger partial charge in [0.1, 0.15) is 0 Å². The van der Waals surface area contributed by atoms with Gasteiger partial charge in [0.05, 0.1) is 39.9 Å². The summed E-state index contributed by atoms with van der Waals surface area (Å²) < 4.78 is 12.2. The van der Waals surface area contributed by atoms with Crippen LogP contribution in [0, 0.1) is 14.9 Å². The molecule has 1 aliphatic heterocycles. The van der Waals surface area contributed by atoms with Crippen LogP contribution in [0.1, 0.15) is 30.5 Å². The number of carbonyl (C=O) groups is 2. The average molecular weight is 534 g/mol. The summed E-state index contributed by atoms with van der Waals surface area (Å²) in [6.07, 6.45) is 1.68. The number of carbonyl (C=O) groups excluding carboxylic acids is 2. The van der Waals surface area contributed by atoms with E-state index in [1.165, 1.54) is 0 Å². The first kappa shape index (κ1) is 22.2. The molecule has 0 spiro atoms. The molecular formula is C22H19IN2O4S. The molecule has 0 aromatic heterocycles. The van der Waals surface area contributed by atoms with Crippen LogP contribution in [0.2, 0.25) is 0 Å². The van der Waals surface area contributed by atoms with E-state index in [9.17, 15) is 14.9 Å². The van der Waals surface area contributed by atoms with Crippen molar-refractivity contribution >= 4 is 51.6 Å². The lowest BCUT2D eigenvalue weighted by molar-refractivity contribution is -0.123. The number of benzene rings is 2. The van der Waals surface area contributed by atoms with Crippen molar-refractivity contribution in [3.8, 4) is 17.6 Å². The highest BCUT2D eigenvalue weighted by atomic mass is 127. The zero-order chi connectivity index (χ0) is 21.7. The molecule has 2 aromatic rings. The van der Waals surface area contributed by atoms with Crippen LogP contribution in [0.5, 0.6) is 11.5 Å². The van der Waals surface area contributed by atoms with Gasteiger partial charge in [-0.15, -0.1) is 0 Å². The average Bonchev–Trinajstić information content (AvgIpc) is 2.98. The number of nitrogens with zero attached hydrogens (tertiary/aromatic N) is 2. The molecule has 2 aromatic carbocycles. The second-order valence-electron chi connectivity index (χ2n) is 6.23. The highest BCUT2D eigenvalue weighted by Gasteiger charge is 2.35. The Hall–Kier alpha value is -2.51. The number of ether oxygens (including phenoxy) is 2. The fraction of sp³-hybridized carbons (Fsp3) is 0.227. The molecule has 1 saturated heterocycles. The van der Waals surface area contributed by atoms with Crippen molar-refractivity contribution in [1.82, 2.24) is 4.90 Å². The summed E-state index contributed by atoms with van der Waals surface area (Å²) in [6, 6.07) is 12.7. The van der Waals surface area contributed by atoms with Crippen molar-refractivity contribution < 1.29 is 19.1 Å². The van der Waals surface area contributed by atoms with Gasteiger partial charge in [0, 0.05) is 0 Å². The van der Waals surface area contributed by atoms with Crippen LogP contribution in [0.15, 0.2) is 41.3 Å². The molecule has 0 N–H and O–H groups in total. The number of nitriles is 1. The Bertz CT molecular complexity index is 1060. The zero-order valence-electron chi connectivity index (χ0n) is 16.5. The Balaban J connectivity index is 1.89. The minimum Gasteiger partial charge on any atom is -0.490 e. The van der Waals surface area contributed by atoms with E-state index in [2.05, 4.69) is 28.7 Å². The third-order valence-corrected chi connectivity index (χ3v) is 5.97. The molecule has 1 heterocycles. The molecular weight excluding hydrogens is 515 g/mol. The molecule has 0 saturated carbocycles. The monoisotopic (exact) mass is 534 g/mol. The van der Waals surface area contributed by atoms with Gasteiger partial charge in [0.25, 0.3) is 11.1 Å². The van der Waals surface area contributed by atoms with Crippen molar-refractivity contribution in [3.05, 3.63) is 61.6 Å². The third-order valence-electron chi connectivity index (χ3n) is 4.26. The van der Waals surface area contributed by atoms with Gasteiger partial charge >= 0.3 is 0 Å². The van der Waals surface area contributed by atoms with E-state index >= 15 is 0 Å². The third kappa shape index (κ3) is 4.79. The van der Waals surface area contributed by atoms with E-state index in [1.807, 2.05) is 19.9 Å². The quantitative estimate of drug-likeness (QED) is 0.359. The van der Waals surface area contributed by atoms with E-state index in [4.69, 9.17) is 9.47 Å². The molecule has 0 atom stereocenters. The van der Waals surface area contributed by atoms with Gasteiger partial charge in [0.2, 0.25) is 0 Å². The number of rotatable bonds is 7. The highest BCUT2D eigenvalue weighted by Crippen LogP contribution is 2.38. The van der Waals surface area contributed by atoms with Crippen LogP contribution < -0.4 is 9.47 Å². The van der Waals surface area contributed by atoms with Gasteiger partial charge in [-0.1, -0.05) is 18.2 Å². The SMILES string of the molecule is CCOc1cc(/C=C2/SC(=O)N(Cc3ccccc3C#N)C2=O)cc(I)c1OCC. The summed E-state index contributed by atoms with van der Waals surface area (Å²) >= 11 is 3.05. The van der Waals surface area contributed by atoms with Crippen LogP contribution >= 0.6 is 34.4 Å². The van der Waals surface area contributed by atoms with Crippen molar-refractivity contribution in [2.75, 3.05) is 13.2 Å². The van der Waals surface area contributed by atoms with E-state index in [-0.39, 0.29) is 17.7 Å². The minimum absolute atomic E-state index is 0.0662. The first-order chi connectivity index (χ1) is 14.5. The van der Waals surface area contributed by atoms with Crippen molar-refractivity contribution in [2.45, 2.75) is 20.4 Å². The van der Waals surface area contributed by atoms with Crippen molar-refractivity contribution in [1.29, 1.82) is 5.26 Å². The minimum atomic E-state index is -0.375. The first-order valence-electron chi connectivity index (χ1n) is 9.31. The number of amides is 2. The van der Waals surface area contributed by atoms with E-state index in [0.29, 0.717) is 40.7 Å². The standard InChI is InChI=1S/C22H19IN2O4S/c1-3-28-18-10-14(9-17(23)20(18)29-4-2)11-19-21(26)25(22(27)30-19)13-16-8-6-5-7-15(16)12-24/h5-11H,3-4,13H2,1-2H3/b19-11+. The predicted molar refractivity (Wildman–Crippen MR) is 124 cm³/mol. The van der Waals surface area contributed by atoms with Crippen LogP contribution in [-0.4, -0.2) is 29.3 Å². The maximum absolute atomic E-state index is 12.9. The largest absolute Gasteiger partial charge is 0.490 e. The fourth-order valence-electron chi connectivity index (χ4n) is 2.94. The summed E-state index contributed by atoms with van der Waals surface area (Å²) in [4.78, 5) is 26.8. The summed E-state index contributed by atoms with van der Waals surface area (Å²) in [6.45, 7) is 4.85. The van der Waals surface area contributed by atoms with Gasteiger partial charge in [-0.2, -0.15) is 5.26 Å². The molecule has 3 rings (SSSR count). The zero-order valence-corrected chi connectivity index (χ0v) is 19.5. The Morgan fingerprint density at radius 3 is 2.60 bits per heavy atom. The van der Waals surface area contributed by atoms with Crippen LogP contribution in [0.25, 0.3) is 6.08 Å². The number of halogens is 1. The Labute approximate surface area is 193 Å². The Morgan fingerprint density at radius 1 is 1.17 bits per heavy atom. The Kier molecular flexibility index (Phi) is 7.39. The molecule has 1 aliphatic rings. The maximum atomic E-state index is 12.9. The van der Waals surface area contributed by atoms with E-state index in [1.54, 1.807) is 36.4 Å². The normalized spacial score (nSPS) is 14.9. The molecule has 0 aliphatic carbocycles. The molecule has 2 amide bonds. The van der Waals surface area contributed by atoms with Gasteiger partial charge in [-0.3, -0.25) is 14.5 Å². The number of hydrogen-bond donors (Lipinski definition) is 0. The molecule has 0 bridgehead atoms. The van der Waals surface area contributed by atoms with Gasteiger partial charge < -0.3 is 9.47 Å². The number of thioether (sulfide) groups is 1. The maximum Gasteiger partial charge on any atom is 0.293 e. The topological polar surface area (TPSA) is 79.6 Å². The van der Waals surface area contributed by atoms with Crippen molar-refractivity contribution in [2.24, 2.45) is 0 Å². The lowest BCUT2D eigenvalue weighted by atomic mass is 10.1. The summed E-state index contributed by atoms with van der Waals surface area (Å²) in [5.74, 6) is 0.887. The molecule has 1 fully saturated rings. The molecule has 0 radical (unpaired) electrons. The molecule has 6 nitrogen and oxygen atoms in total. The molecule has 8 heteroatoms. The van der Waals surface area contributed by atoms with E-state index < -0.39 is 0 Å². The second kappa shape index (κ2) is 10.00. The van der Waals surface area contributed by atoms with E-state index in [0.717, 1.165) is 25.8 Å². The molecule has 154 valence electrons. The highest BCUT2D eigenvalue weighted by molar-refractivity contribution is 14.1. The molecule has 30 heavy (non-hydrogen) atoms. The lowest BCUT2D eigenvalue weighted by Crippen LogP contribution is -2.27. The molecule has 0 unspecified atom stereocenters. The first-order valence-corrected chi connectivity index (χ1v) is 11.2. The lowest BCUT2D eigenvalue weighted by Gasteiger charge is -2.14. The fourth-order valence-corrected chi connectivity index (χ4v) is 4.56. The Morgan fingerprint density at radius 2 is 1.90 bits per heavy atom. The van der Waals surface area contributed by atoms with Gasteiger partial charge in [-0.05, 0) is 83.6 Å². The summed E-state index contributed by atoms with van der Waals surface area (Å²) in [5.41, 5.74) is 1.83. The summed E-state index contributed by atoms with van der Waals surface area (Å²) in [5, 5.41) is 8.89. The van der Waals surface area contributed by atoms with Crippen LogP contribution in [0.4, 0.5) is 4.79 Å². The predicted octanol–water partition coefficient (Wildman–Crippen LogP) is 5.20. The van der Waals surface area contributed by atoms with Gasteiger partial charge in [0.15, 0.2) is 11.5 Å². The van der Waals surface area contributed by atoms with Crippen LogP contribution in [0.3, 0.4) is 0 Å². The van der Waals surface area contributed by atoms with Gasteiger partial charge in [-0.25, -0.2) is 0 Å². The number of hydrogen-bond acceptors (Lipinski definition) is 6. The van der Waals surface area contributed by atoms with Crippen LogP contribution in [-0.2, 0) is 11.3 Å². The summed E-state index contributed by atoms with van der Waals surface area (Å²) in [7, 11) is 0.